The summed E-state index contributed by atoms with van der Waals surface area (Å²) in [7, 11) is 2.17. The third kappa shape index (κ3) is 3.84. The molecule has 3 heterocycles. The lowest BCUT2D eigenvalue weighted by atomic mass is 10.1. The number of benzene rings is 2. The predicted octanol–water partition coefficient (Wildman–Crippen LogP) is 4.18. The number of H-pyrrole nitrogens is 1. The van der Waals surface area contributed by atoms with Crippen LogP contribution < -0.4 is 0 Å². The van der Waals surface area contributed by atoms with Gasteiger partial charge in [-0.3, -0.25) is 4.90 Å². The van der Waals surface area contributed by atoms with E-state index in [1.54, 1.807) is 12.3 Å². The molecule has 0 bridgehead atoms. The molecule has 0 spiro atoms. The van der Waals surface area contributed by atoms with Crippen LogP contribution in [0.25, 0.3) is 33.7 Å². The van der Waals surface area contributed by atoms with Crippen molar-refractivity contribution in [3.8, 4) is 22.5 Å². The zero-order valence-corrected chi connectivity index (χ0v) is 17.0. The van der Waals surface area contributed by atoms with Crippen LogP contribution in [-0.4, -0.2) is 58.0 Å². The van der Waals surface area contributed by atoms with Gasteiger partial charge in [-0.25, -0.2) is 14.4 Å². The minimum atomic E-state index is -0.256. The van der Waals surface area contributed by atoms with Gasteiger partial charge in [0.15, 0.2) is 5.65 Å². The minimum absolute atomic E-state index is 0.256. The smallest absolute Gasteiger partial charge is 0.178 e. The summed E-state index contributed by atoms with van der Waals surface area (Å²) in [4.78, 5) is 17.3. The fourth-order valence-corrected chi connectivity index (χ4v) is 3.98. The molecule has 0 amide bonds. The van der Waals surface area contributed by atoms with Crippen molar-refractivity contribution in [3.05, 3.63) is 72.2 Å². The highest BCUT2D eigenvalue weighted by atomic mass is 19.1. The van der Waals surface area contributed by atoms with Crippen LogP contribution >= 0.6 is 0 Å². The number of pyridine rings is 1. The normalized spacial score (nSPS) is 15.7. The maximum Gasteiger partial charge on any atom is 0.178 e. The van der Waals surface area contributed by atoms with E-state index in [0.717, 1.165) is 60.8 Å². The number of hydrogen-bond donors (Lipinski definition) is 1. The molecule has 1 saturated heterocycles. The van der Waals surface area contributed by atoms with Crippen LogP contribution in [-0.2, 0) is 6.54 Å². The monoisotopic (exact) mass is 401 g/mol. The van der Waals surface area contributed by atoms with E-state index in [4.69, 9.17) is 0 Å². The third-order valence-corrected chi connectivity index (χ3v) is 5.76. The predicted molar refractivity (Wildman–Crippen MR) is 117 cm³/mol. The van der Waals surface area contributed by atoms with E-state index in [1.807, 2.05) is 12.1 Å². The molecule has 1 aliphatic heterocycles. The van der Waals surface area contributed by atoms with Gasteiger partial charge >= 0.3 is 0 Å². The average Bonchev–Trinajstić information content (AvgIpc) is 3.20. The maximum absolute atomic E-state index is 13.7. The molecule has 0 unspecified atom stereocenters. The van der Waals surface area contributed by atoms with Gasteiger partial charge in [0.1, 0.15) is 11.6 Å². The van der Waals surface area contributed by atoms with E-state index in [-0.39, 0.29) is 5.82 Å². The molecule has 5 nitrogen and oxygen atoms in total. The van der Waals surface area contributed by atoms with Gasteiger partial charge in [0, 0.05) is 50.0 Å². The number of halogens is 1. The molecule has 0 atom stereocenters. The van der Waals surface area contributed by atoms with Crippen molar-refractivity contribution in [2.75, 3.05) is 33.2 Å². The summed E-state index contributed by atoms with van der Waals surface area (Å²) >= 11 is 0. The lowest BCUT2D eigenvalue weighted by Gasteiger charge is -2.32. The minimum Gasteiger partial charge on any atom is -0.336 e. The van der Waals surface area contributed by atoms with Crippen molar-refractivity contribution in [2.45, 2.75) is 6.54 Å². The second-order valence-corrected chi connectivity index (χ2v) is 7.93. The van der Waals surface area contributed by atoms with E-state index in [9.17, 15) is 4.39 Å². The Morgan fingerprint density at radius 3 is 2.53 bits per heavy atom. The van der Waals surface area contributed by atoms with Crippen LogP contribution in [0.5, 0.6) is 0 Å². The van der Waals surface area contributed by atoms with Gasteiger partial charge in [-0.05, 0) is 36.4 Å². The number of fused-ring (bicyclic) bond motifs is 1. The van der Waals surface area contributed by atoms with E-state index >= 15 is 0 Å². The van der Waals surface area contributed by atoms with Gasteiger partial charge in [0.2, 0.25) is 0 Å². The highest BCUT2D eigenvalue weighted by molar-refractivity contribution is 5.91. The molecule has 1 N–H and O–H groups in total. The molecule has 1 aliphatic rings. The first-order valence-corrected chi connectivity index (χ1v) is 10.3. The Balaban J connectivity index is 1.40. The Bertz CT molecular complexity index is 1160. The Hall–Kier alpha value is -3.09. The second-order valence-electron chi connectivity index (χ2n) is 7.93. The van der Waals surface area contributed by atoms with Crippen LogP contribution in [0.1, 0.15) is 5.56 Å². The van der Waals surface area contributed by atoms with Crippen molar-refractivity contribution < 1.29 is 4.39 Å². The Kier molecular flexibility index (Phi) is 5.02. The SMILES string of the molecule is CN1CCN(Cc2ccc(-c3nc4nccc(-c5cccc(F)c5)c4[nH]3)cc2)CC1. The molecule has 0 aliphatic carbocycles. The molecule has 1 fully saturated rings. The van der Waals surface area contributed by atoms with Crippen LogP contribution in [0.4, 0.5) is 4.39 Å². The molecule has 6 heteroatoms. The quantitative estimate of drug-likeness (QED) is 0.557. The molecular formula is C24H24FN5. The van der Waals surface area contributed by atoms with Crippen LogP contribution in [0.2, 0.25) is 0 Å². The molecule has 5 rings (SSSR count). The van der Waals surface area contributed by atoms with Gasteiger partial charge in [0.25, 0.3) is 0 Å². The van der Waals surface area contributed by atoms with E-state index in [2.05, 4.69) is 56.1 Å². The molecule has 2 aromatic heterocycles. The van der Waals surface area contributed by atoms with Crippen molar-refractivity contribution in [3.63, 3.8) is 0 Å². The van der Waals surface area contributed by atoms with E-state index in [0.29, 0.717) is 5.65 Å². The number of nitrogens with one attached hydrogen (secondary N) is 1. The summed E-state index contributed by atoms with van der Waals surface area (Å²) in [6.07, 6.45) is 1.71. The number of hydrogen-bond acceptors (Lipinski definition) is 4. The van der Waals surface area contributed by atoms with Gasteiger partial charge in [0.05, 0.1) is 5.52 Å². The second kappa shape index (κ2) is 7.97. The van der Waals surface area contributed by atoms with Gasteiger partial charge in [-0.15, -0.1) is 0 Å². The number of piperazine rings is 1. The van der Waals surface area contributed by atoms with E-state index in [1.165, 1.54) is 17.7 Å². The van der Waals surface area contributed by atoms with Crippen LogP contribution in [0.3, 0.4) is 0 Å². The van der Waals surface area contributed by atoms with Crippen molar-refractivity contribution >= 4 is 11.2 Å². The van der Waals surface area contributed by atoms with Crippen molar-refractivity contribution in [1.82, 2.24) is 24.8 Å². The molecule has 30 heavy (non-hydrogen) atoms. The molecule has 4 aromatic rings. The maximum atomic E-state index is 13.7. The van der Waals surface area contributed by atoms with Gasteiger partial charge in [-0.1, -0.05) is 36.4 Å². The molecular weight excluding hydrogens is 377 g/mol. The topological polar surface area (TPSA) is 48.1 Å². The summed E-state index contributed by atoms with van der Waals surface area (Å²) in [5.41, 5.74) is 5.47. The number of aromatic nitrogens is 3. The zero-order chi connectivity index (χ0) is 20.5. The van der Waals surface area contributed by atoms with Gasteiger partial charge < -0.3 is 9.88 Å². The number of aromatic amines is 1. The first-order chi connectivity index (χ1) is 14.7. The van der Waals surface area contributed by atoms with Crippen molar-refractivity contribution in [2.24, 2.45) is 0 Å². The fourth-order valence-electron chi connectivity index (χ4n) is 3.98. The summed E-state index contributed by atoms with van der Waals surface area (Å²) in [6.45, 7) is 5.43. The molecule has 0 radical (unpaired) electrons. The Morgan fingerprint density at radius 2 is 1.77 bits per heavy atom. The first kappa shape index (κ1) is 18.9. The zero-order valence-electron chi connectivity index (χ0n) is 17.0. The number of rotatable bonds is 4. The van der Waals surface area contributed by atoms with E-state index < -0.39 is 0 Å². The number of nitrogens with zero attached hydrogens (tertiary/aromatic N) is 4. The standard InChI is InChI=1S/C24H24FN5/c1-29-11-13-30(14-12-29)16-17-5-7-18(8-6-17)23-27-22-21(9-10-26-24(22)28-23)19-3-2-4-20(25)15-19/h2-10,15H,11-14,16H2,1H3,(H,26,27,28). The largest absolute Gasteiger partial charge is 0.336 e. The lowest BCUT2D eigenvalue weighted by Crippen LogP contribution is -2.43. The van der Waals surface area contributed by atoms with Crippen molar-refractivity contribution in [1.29, 1.82) is 0 Å². The Labute approximate surface area is 175 Å². The summed E-state index contributed by atoms with van der Waals surface area (Å²) in [5.74, 6) is 0.514. The van der Waals surface area contributed by atoms with Gasteiger partial charge in [-0.2, -0.15) is 0 Å². The highest BCUT2D eigenvalue weighted by Crippen LogP contribution is 2.29. The lowest BCUT2D eigenvalue weighted by molar-refractivity contribution is 0.148. The first-order valence-electron chi connectivity index (χ1n) is 10.3. The summed E-state index contributed by atoms with van der Waals surface area (Å²) in [5, 5.41) is 0. The fraction of sp³-hybridized carbons (Fsp3) is 0.250. The highest BCUT2D eigenvalue weighted by Gasteiger charge is 2.15. The summed E-state index contributed by atoms with van der Waals surface area (Å²) in [6, 6.07) is 17.0. The molecule has 2 aromatic carbocycles. The van der Waals surface area contributed by atoms with Crippen LogP contribution in [0.15, 0.2) is 60.8 Å². The third-order valence-electron chi connectivity index (χ3n) is 5.76. The molecule has 0 saturated carbocycles. The van der Waals surface area contributed by atoms with Crippen LogP contribution in [0, 0.1) is 5.82 Å². The number of likely N-dealkylation sites (N-methyl/N-ethyl adjacent to an activating group) is 1. The Morgan fingerprint density at radius 1 is 0.967 bits per heavy atom. The average molecular weight is 401 g/mol. The number of imidazole rings is 1. The summed E-state index contributed by atoms with van der Waals surface area (Å²) < 4.78 is 13.7. The molecule has 152 valence electrons.